The molecule has 7 aromatic rings. The number of furan rings is 1. The normalized spacial score (nSPS) is 13.7. The molecule has 1 aliphatic carbocycles. The summed E-state index contributed by atoms with van der Waals surface area (Å²) in [5.74, 6) is 0.816. The Kier molecular flexibility index (Phi) is 12.5. The van der Waals surface area contributed by atoms with Crippen LogP contribution in [0.15, 0.2) is 120 Å². The van der Waals surface area contributed by atoms with Gasteiger partial charge in [0.05, 0.1) is 13.7 Å². The van der Waals surface area contributed by atoms with Crippen LogP contribution >= 0.6 is 0 Å². The predicted octanol–water partition coefficient (Wildman–Crippen LogP) is 12.9. The Morgan fingerprint density at radius 2 is 1.52 bits per heavy atom. The van der Waals surface area contributed by atoms with E-state index < -0.39 is 8.07 Å². The van der Waals surface area contributed by atoms with Gasteiger partial charge in [0.25, 0.3) is 0 Å². The Morgan fingerprint density at radius 3 is 2.24 bits per heavy atom. The quantitative estimate of drug-likeness (QED) is 0.118. The topological polar surface area (TPSA) is 38.9 Å². The summed E-state index contributed by atoms with van der Waals surface area (Å²) in [6, 6.07) is 42.5. The van der Waals surface area contributed by atoms with Gasteiger partial charge < -0.3 is 14.4 Å². The van der Waals surface area contributed by atoms with E-state index in [1.165, 1.54) is 59.5 Å². The van der Waals surface area contributed by atoms with E-state index in [0.29, 0.717) is 0 Å². The molecular formula is C49H52IrN2OSi-2. The third-order valence-electron chi connectivity index (χ3n) is 10.4. The van der Waals surface area contributed by atoms with Crippen LogP contribution in [0.25, 0.3) is 55.6 Å². The fraction of sp³-hybridized carbons (Fsp3) is 0.306. The fourth-order valence-electron chi connectivity index (χ4n) is 7.84. The zero-order valence-corrected chi connectivity index (χ0v) is 36.0. The largest absolute Gasteiger partial charge is 0.500 e. The summed E-state index contributed by atoms with van der Waals surface area (Å²) in [6.07, 6.45) is 13.2. The summed E-state index contributed by atoms with van der Waals surface area (Å²) in [6.45, 7) is 14.1. The molecule has 0 unspecified atom stereocenters. The molecule has 1 radical (unpaired) electrons. The summed E-state index contributed by atoms with van der Waals surface area (Å²) in [7, 11) is -1.37. The Bertz CT molecular complexity index is 2300. The summed E-state index contributed by atoms with van der Waals surface area (Å²) in [4.78, 5) is 9.40. The zero-order valence-electron chi connectivity index (χ0n) is 32.6. The van der Waals surface area contributed by atoms with E-state index in [0.717, 1.165) is 63.2 Å². The summed E-state index contributed by atoms with van der Waals surface area (Å²) < 4.78 is 6.18. The van der Waals surface area contributed by atoms with E-state index in [2.05, 4.69) is 132 Å². The van der Waals surface area contributed by atoms with Crippen molar-refractivity contribution in [3.05, 3.63) is 139 Å². The van der Waals surface area contributed by atoms with Crippen LogP contribution in [0.5, 0.6) is 0 Å². The van der Waals surface area contributed by atoms with Crippen molar-refractivity contribution in [2.45, 2.75) is 85.4 Å². The average Bonchev–Trinajstić information content (AvgIpc) is 3.54. The van der Waals surface area contributed by atoms with Crippen molar-refractivity contribution in [1.29, 1.82) is 0 Å². The first-order valence-corrected chi connectivity index (χ1v) is 22.9. The van der Waals surface area contributed by atoms with Gasteiger partial charge in [0.2, 0.25) is 0 Å². The van der Waals surface area contributed by atoms with Gasteiger partial charge in [-0.3, -0.25) is 0 Å². The van der Waals surface area contributed by atoms with Gasteiger partial charge >= 0.3 is 0 Å². The minimum absolute atomic E-state index is 0. The van der Waals surface area contributed by atoms with Crippen molar-refractivity contribution >= 4 is 35.2 Å². The van der Waals surface area contributed by atoms with Gasteiger partial charge in [-0.1, -0.05) is 144 Å². The molecule has 0 aliphatic heterocycles. The minimum Gasteiger partial charge on any atom is -0.500 e. The molecule has 0 atom stereocenters. The first-order chi connectivity index (χ1) is 25.5. The van der Waals surface area contributed by atoms with Gasteiger partial charge in [0, 0.05) is 37.9 Å². The molecule has 3 nitrogen and oxygen atoms in total. The third-order valence-corrected chi connectivity index (χ3v) is 12.4. The smallest absolute Gasteiger partial charge is 0.121 e. The van der Waals surface area contributed by atoms with Gasteiger partial charge in [-0.15, -0.1) is 59.7 Å². The molecule has 54 heavy (non-hydrogen) atoms. The number of rotatable bonds is 7. The number of pyridine rings is 2. The minimum atomic E-state index is -1.37. The number of fused-ring (bicyclic) bond motifs is 3. The van der Waals surface area contributed by atoms with Crippen molar-refractivity contribution in [1.82, 2.24) is 9.97 Å². The Labute approximate surface area is 337 Å². The van der Waals surface area contributed by atoms with E-state index in [4.69, 9.17) is 14.4 Å². The Hall–Kier alpha value is -4.15. The summed E-state index contributed by atoms with van der Waals surface area (Å²) in [5.41, 5.74) is 11.4. The second-order valence-corrected chi connectivity index (χ2v) is 22.1. The molecule has 0 N–H and O–H groups in total. The van der Waals surface area contributed by atoms with Crippen LogP contribution in [-0.2, 0) is 32.9 Å². The molecule has 8 rings (SSSR count). The van der Waals surface area contributed by atoms with Crippen LogP contribution in [-0.4, -0.2) is 18.0 Å². The van der Waals surface area contributed by atoms with E-state index in [9.17, 15) is 0 Å². The standard InChI is InChI=1S/C30H26NO.C19H26NSi.Ir/c1-3-8-21(9-4-1)18-22-16-17-31-27(19-22)24-14-15-28-26(20-24)30-25(12-7-13-29(30)32-28)23-10-5-2-6-11-23;1-19(2,3)13-16-12-17(15-10-8-7-9-11-15)20-14-18(16)21(4,5)6;/h2,5-7,10-13,15-17,19-21H,1,3-4,8-9,18H2;7-10,12,14H,13H2,1-6H3;/q2*-1;. The van der Waals surface area contributed by atoms with Crippen LogP contribution in [0, 0.1) is 23.5 Å². The first-order valence-electron chi connectivity index (χ1n) is 19.4. The third kappa shape index (κ3) is 9.55. The van der Waals surface area contributed by atoms with Gasteiger partial charge in [0.15, 0.2) is 0 Å². The number of aromatic nitrogens is 2. The van der Waals surface area contributed by atoms with E-state index in [1.807, 2.05) is 36.5 Å². The van der Waals surface area contributed by atoms with Crippen LogP contribution in [0.4, 0.5) is 0 Å². The molecule has 1 fully saturated rings. The Balaban J connectivity index is 0.000000198. The first kappa shape index (κ1) is 39.5. The van der Waals surface area contributed by atoms with E-state index in [1.54, 1.807) is 0 Å². The van der Waals surface area contributed by atoms with Gasteiger partial charge in [-0.05, 0) is 64.0 Å². The molecule has 0 amide bonds. The molecular weight excluding hydrogens is 853 g/mol. The number of benzene rings is 4. The van der Waals surface area contributed by atoms with Crippen molar-refractivity contribution in [3.63, 3.8) is 0 Å². The maximum Gasteiger partial charge on any atom is 0.121 e. The molecule has 1 aliphatic rings. The Morgan fingerprint density at radius 1 is 0.759 bits per heavy atom. The zero-order chi connectivity index (χ0) is 37.0. The summed E-state index contributed by atoms with van der Waals surface area (Å²) in [5, 5.41) is 3.76. The maximum atomic E-state index is 6.18. The molecule has 279 valence electrons. The van der Waals surface area contributed by atoms with Crippen LogP contribution in [0.2, 0.25) is 19.6 Å². The van der Waals surface area contributed by atoms with Crippen LogP contribution in [0.3, 0.4) is 0 Å². The molecule has 3 heterocycles. The van der Waals surface area contributed by atoms with Crippen molar-refractivity contribution in [2.75, 3.05) is 0 Å². The van der Waals surface area contributed by atoms with Crippen molar-refractivity contribution in [2.24, 2.45) is 11.3 Å². The van der Waals surface area contributed by atoms with Crippen molar-refractivity contribution < 1.29 is 24.5 Å². The molecule has 5 heteroatoms. The molecule has 0 spiro atoms. The average molecular weight is 905 g/mol. The second kappa shape index (κ2) is 17.1. The van der Waals surface area contributed by atoms with Crippen LogP contribution < -0.4 is 5.19 Å². The van der Waals surface area contributed by atoms with Crippen molar-refractivity contribution in [3.8, 4) is 33.6 Å². The van der Waals surface area contributed by atoms with E-state index in [-0.39, 0.29) is 25.5 Å². The molecule has 0 bridgehead atoms. The van der Waals surface area contributed by atoms with Crippen LogP contribution in [0.1, 0.15) is 64.0 Å². The maximum absolute atomic E-state index is 6.18. The SMILES string of the molecule is CC(C)(C)Cc1cc(-c2[c-]cccc2)ncc1[Si](C)(C)C.[Ir].[c-]1cc2oc3cccc(-c4ccccc4)c3c2cc1-c1cc(CC2CCCCC2)ccn1. The fourth-order valence-corrected chi connectivity index (χ4v) is 9.42. The molecule has 0 saturated heterocycles. The number of hydrogen-bond donors (Lipinski definition) is 0. The van der Waals surface area contributed by atoms with Gasteiger partial charge in [-0.25, -0.2) is 0 Å². The number of hydrogen-bond acceptors (Lipinski definition) is 3. The second-order valence-electron chi connectivity index (χ2n) is 17.0. The van der Waals surface area contributed by atoms with Gasteiger partial charge in [-0.2, -0.15) is 0 Å². The molecule has 1 saturated carbocycles. The molecule has 4 aromatic carbocycles. The van der Waals surface area contributed by atoms with E-state index >= 15 is 0 Å². The predicted molar refractivity (Wildman–Crippen MR) is 226 cm³/mol. The molecule has 3 aromatic heterocycles. The van der Waals surface area contributed by atoms with Gasteiger partial charge in [0.1, 0.15) is 5.58 Å². The summed E-state index contributed by atoms with van der Waals surface area (Å²) >= 11 is 0. The monoisotopic (exact) mass is 905 g/mol. The number of nitrogens with zero attached hydrogens (tertiary/aromatic N) is 2.